The fourth-order valence-corrected chi connectivity index (χ4v) is 4.73. The van der Waals surface area contributed by atoms with Gasteiger partial charge in [-0.2, -0.15) is 4.31 Å². The van der Waals surface area contributed by atoms with Crippen molar-refractivity contribution in [3.63, 3.8) is 0 Å². The van der Waals surface area contributed by atoms with Gasteiger partial charge >= 0.3 is 0 Å². The van der Waals surface area contributed by atoms with Crippen molar-refractivity contribution in [1.82, 2.24) is 9.21 Å². The van der Waals surface area contributed by atoms with Crippen molar-refractivity contribution in [2.75, 3.05) is 40.9 Å². The van der Waals surface area contributed by atoms with Gasteiger partial charge in [0.15, 0.2) is 11.5 Å². The Hall–Kier alpha value is -1.31. The lowest BCUT2D eigenvalue weighted by Crippen LogP contribution is -2.43. The van der Waals surface area contributed by atoms with Gasteiger partial charge in [0.1, 0.15) is 0 Å². The van der Waals surface area contributed by atoms with Gasteiger partial charge in [-0.15, -0.1) is 0 Å². The topological polar surface area (TPSA) is 59.1 Å². The average Bonchev–Trinajstić information content (AvgIpc) is 2.75. The lowest BCUT2D eigenvalue weighted by Gasteiger charge is -2.29. The van der Waals surface area contributed by atoms with Crippen LogP contribution in [0.4, 0.5) is 0 Å². The second-order valence-corrected chi connectivity index (χ2v) is 7.70. The standard InChI is InChI=1S/C16H26N2O4S/c1-5-13-12-17(2)9-6-10-18(13)23(19,20)14-7-8-15(21-3)16(11-14)22-4/h7-8,11,13H,5-6,9-10,12H2,1-4H3/t13-/m0/s1. The predicted molar refractivity (Wildman–Crippen MR) is 89.6 cm³/mol. The summed E-state index contributed by atoms with van der Waals surface area (Å²) in [7, 11) is 1.52. The van der Waals surface area contributed by atoms with Crippen molar-refractivity contribution in [3.8, 4) is 11.5 Å². The van der Waals surface area contributed by atoms with Gasteiger partial charge in [0.05, 0.1) is 19.1 Å². The first-order valence-corrected chi connectivity index (χ1v) is 9.30. The van der Waals surface area contributed by atoms with Crippen LogP contribution in [0, 0.1) is 0 Å². The number of benzene rings is 1. The van der Waals surface area contributed by atoms with Crippen LogP contribution in [0.15, 0.2) is 23.1 Å². The smallest absolute Gasteiger partial charge is 0.243 e. The van der Waals surface area contributed by atoms with Gasteiger partial charge in [0.2, 0.25) is 10.0 Å². The Labute approximate surface area is 139 Å². The van der Waals surface area contributed by atoms with Crippen molar-refractivity contribution in [2.24, 2.45) is 0 Å². The Morgan fingerprint density at radius 1 is 1.17 bits per heavy atom. The maximum absolute atomic E-state index is 13.1. The van der Waals surface area contributed by atoms with E-state index in [2.05, 4.69) is 4.90 Å². The monoisotopic (exact) mass is 342 g/mol. The van der Waals surface area contributed by atoms with Crippen LogP contribution in [0.3, 0.4) is 0 Å². The van der Waals surface area contributed by atoms with Crippen LogP contribution < -0.4 is 9.47 Å². The normalized spacial score (nSPS) is 21.0. The third-order valence-electron chi connectivity index (χ3n) is 4.28. The Balaban J connectivity index is 2.39. The first-order valence-electron chi connectivity index (χ1n) is 7.86. The van der Waals surface area contributed by atoms with E-state index in [1.54, 1.807) is 16.4 Å². The number of methoxy groups -OCH3 is 2. The van der Waals surface area contributed by atoms with E-state index in [1.807, 2.05) is 14.0 Å². The number of likely N-dealkylation sites (N-methyl/N-ethyl adjacent to an activating group) is 1. The van der Waals surface area contributed by atoms with Crippen LogP contribution in [0.1, 0.15) is 19.8 Å². The number of sulfonamides is 1. The molecule has 7 heteroatoms. The van der Waals surface area contributed by atoms with Gasteiger partial charge in [-0.05, 0) is 38.6 Å². The minimum atomic E-state index is -3.56. The number of hydrogen-bond acceptors (Lipinski definition) is 5. The molecule has 1 fully saturated rings. The van der Waals surface area contributed by atoms with E-state index >= 15 is 0 Å². The summed E-state index contributed by atoms with van der Waals surface area (Å²) in [5.74, 6) is 0.947. The minimum absolute atomic E-state index is 0.0133. The summed E-state index contributed by atoms with van der Waals surface area (Å²) >= 11 is 0. The van der Waals surface area contributed by atoms with Crippen molar-refractivity contribution in [1.29, 1.82) is 0 Å². The first kappa shape index (κ1) is 18.0. The van der Waals surface area contributed by atoms with E-state index < -0.39 is 10.0 Å². The predicted octanol–water partition coefficient (Wildman–Crippen LogP) is 1.81. The third kappa shape index (κ3) is 3.79. The molecule has 0 unspecified atom stereocenters. The van der Waals surface area contributed by atoms with E-state index in [-0.39, 0.29) is 10.9 Å². The summed E-state index contributed by atoms with van der Waals surface area (Å²) in [6, 6.07) is 4.74. The van der Waals surface area contributed by atoms with Gasteiger partial charge in [-0.3, -0.25) is 0 Å². The van der Waals surface area contributed by atoms with E-state index in [0.717, 1.165) is 25.9 Å². The van der Waals surface area contributed by atoms with Gasteiger partial charge in [0, 0.05) is 25.2 Å². The van der Waals surface area contributed by atoms with E-state index in [9.17, 15) is 8.42 Å². The molecule has 0 N–H and O–H groups in total. The summed E-state index contributed by atoms with van der Waals surface area (Å²) in [5.41, 5.74) is 0. The molecule has 1 aromatic carbocycles. The van der Waals surface area contributed by atoms with E-state index in [1.165, 1.54) is 20.3 Å². The van der Waals surface area contributed by atoms with Crippen LogP contribution >= 0.6 is 0 Å². The summed E-state index contributed by atoms with van der Waals surface area (Å²) < 4.78 is 38.2. The summed E-state index contributed by atoms with van der Waals surface area (Å²) in [4.78, 5) is 2.44. The Kier molecular flexibility index (Phi) is 5.89. The lowest BCUT2D eigenvalue weighted by atomic mass is 10.2. The fraction of sp³-hybridized carbons (Fsp3) is 0.625. The summed E-state index contributed by atoms with van der Waals surface area (Å²) in [6.45, 7) is 4.23. The van der Waals surface area contributed by atoms with Gasteiger partial charge in [0.25, 0.3) is 0 Å². The zero-order valence-electron chi connectivity index (χ0n) is 14.3. The molecule has 23 heavy (non-hydrogen) atoms. The number of hydrogen-bond donors (Lipinski definition) is 0. The second-order valence-electron chi connectivity index (χ2n) is 5.81. The molecule has 1 saturated heterocycles. The Bertz CT molecular complexity index is 633. The van der Waals surface area contributed by atoms with Crippen molar-refractivity contribution in [3.05, 3.63) is 18.2 Å². The molecule has 130 valence electrons. The zero-order valence-corrected chi connectivity index (χ0v) is 15.1. The van der Waals surface area contributed by atoms with Gasteiger partial charge in [-0.1, -0.05) is 6.92 Å². The highest BCUT2D eigenvalue weighted by Crippen LogP contribution is 2.31. The minimum Gasteiger partial charge on any atom is -0.493 e. The maximum atomic E-state index is 13.1. The second kappa shape index (κ2) is 7.51. The van der Waals surface area contributed by atoms with Crippen LogP contribution in [-0.4, -0.2) is 64.6 Å². The molecular formula is C16H26N2O4S. The van der Waals surface area contributed by atoms with Crippen molar-refractivity contribution in [2.45, 2.75) is 30.7 Å². The molecule has 0 amide bonds. The zero-order chi connectivity index (χ0) is 17.0. The molecule has 2 rings (SSSR count). The van der Waals surface area contributed by atoms with Crippen LogP contribution in [0.2, 0.25) is 0 Å². The molecule has 1 aliphatic heterocycles. The maximum Gasteiger partial charge on any atom is 0.243 e. The van der Waals surface area contributed by atoms with Crippen molar-refractivity contribution < 1.29 is 17.9 Å². The first-order chi connectivity index (χ1) is 10.9. The molecule has 0 aliphatic carbocycles. The van der Waals surface area contributed by atoms with Crippen LogP contribution in [-0.2, 0) is 10.0 Å². The summed E-state index contributed by atoms with van der Waals surface area (Å²) in [6.07, 6.45) is 1.62. The van der Waals surface area contributed by atoms with Crippen LogP contribution in [0.25, 0.3) is 0 Å². The third-order valence-corrected chi connectivity index (χ3v) is 6.23. The van der Waals surface area contributed by atoms with Crippen molar-refractivity contribution >= 4 is 10.0 Å². The number of nitrogens with zero attached hydrogens (tertiary/aromatic N) is 2. The molecule has 0 bridgehead atoms. The molecular weight excluding hydrogens is 316 g/mol. The molecule has 1 aromatic rings. The van der Waals surface area contributed by atoms with E-state index in [4.69, 9.17) is 9.47 Å². The fourth-order valence-electron chi connectivity index (χ4n) is 2.98. The molecule has 6 nitrogen and oxygen atoms in total. The van der Waals surface area contributed by atoms with Crippen LogP contribution in [0.5, 0.6) is 11.5 Å². The Morgan fingerprint density at radius 2 is 1.87 bits per heavy atom. The Morgan fingerprint density at radius 3 is 2.48 bits per heavy atom. The number of rotatable bonds is 5. The molecule has 1 aliphatic rings. The molecule has 0 spiro atoms. The highest BCUT2D eigenvalue weighted by molar-refractivity contribution is 7.89. The van der Waals surface area contributed by atoms with Gasteiger partial charge < -0.3 is 14.4 Å². The summed E-state index contributed by atoms with van der Waals surface area (Å²) in [5, 5.41) is 0. The average molecular weight is 342 g/mol. The molecule has 0 saturated carbocycles. The molecule has 1 heterocycles. The van der Waals surface area contributed by atoms with E-state index in [0.29, 0.717) is 18.0 Å². The molecule has 0 aromatic heterocycles. The number of ether oxygens (including phenoxy) is 2. The quantitative estimate of drug-likeness (QED) is 0.817. The SMILES string of the molecule is CC[C@H]1CN(C)CCCN1S(=O)(=O)c1ccc(OC)c(OC)c1. The highest BCUT2D eigenvalue weighted by atomic mass is 32.2. The lowest BCUT2D eigenvalue weighted by molar-refractivity contribution is 0.270. The molecule has 1 atom stereocenters. The molecule has 0 radical (unpaired) electrons. The van der Waals surface area contributed by atoms with Gasteiger partial charge in [-0.25, -0.2) is 8.42 Å². The highest BCUT2D eigenvalue weighted by Gasteiger charge is 2.33. The largest absolute Gasteiger partial charge is 0.493 e.